The number of hydrogen-bond acceptors (Lipinski definition) is 3. The fourth-order valence-electron chi connectivity index (χ4n) is 1.99. The van der Waals surface area contributed by atoms with Crippen LogP contribution in [0, 0.1) is 0 Å². The van der Waals surface area contributed by atoms with E-state index in [1.165, 1.54) is 0 Å². The van der Waals surface area contributed by atoms with Crippen molar-refractivity contribution < 1.29 is 14.3 Å². The lowest BCUT2D eigenvalue weighted by Gasteiger charge is -2.25. The molecule has 4 heteroatoms. The Bertz CT molecular complexity index is 459. The van der Waals surface area contributed by atoms with E-state index < -0.39 is 0 Å². The van der Waals surface area contributed by atoms with Gasteiger partial charge in [0.2, 0.25) is 5.91 Å². The van der Waals surface area contributed by atoms with Crippen LogP contribution in [0.2, 0.25) is 0 Å². The third-order valence-corrected chi connectivity index (χ3v) is 2.99. The molecule has 0 bridgehead atoms. The van der Waals surface area contributed by atoms with Gasteiger partial charge in [-0.05, 0) is 37.6 Å². The number of benzene rings is 1. The summed E-state index contributed by atoms with van der Waals surface area (Å²) in [6, 6.07) is 7.72. The van der Waals surface area contributed by atoms with Gasteiger partial charge in [-0.3, -0.25) is 4.79 Å². The Hall–Kier alpha value is -1.81. The molecule has 0 spiro atoms. The normalized spacial score (nSPS) is 15.8. The van der Waals surface area contributed by atoms with Crippen LogP contribution in [0.3, 0.4) is 0 Å². The lowest BCUT2D eigenvalue weighted by Crippen LogP contribution is -2.39. The number of carbonyl (C=O) groups is 1. The molecule has 0 radical (unpaired) electrons. The average molecular weight is 275 g/mol. The van der Waals surface area contributed by atoms with E-state index in [-0.39, 0.29) is 12.0 Å². The van der Waals surface area contributed by atoms with Crippen molar-refractivity contribution in [1.82, 2.24) is 4.90 Å². The monoisotopic (exact) mass is 275 g/mol. The SMILES string of the molecule is CC(C)Oc1ccc(/C=C/C(=O)N2CCOCC2)cc1. The Morgan fingerprint density at radius 1 is 1.25 bits per heavy atom. The highest BCUT2D eigenvalue weighted by Crippen LogP contribution is 2.14. The van der Waals surface area contributed by atoms with Crippen molar-refractivity contribution in [1.29, 1.82) is 0 Å². The van der Waals surface area contributed by atoms with Gasteiger partial charge in [0.05, 0.1) is 19.3 Å². The molecule has 0 aromatic heterocycles. The van der Waals surface area contributed by atoms with E-state index in [0.29, 0.717) is 26.3 Å². The number of hydrogen-bond donors (Lipinski definition) is 0. The van der Waals surface area contributed by atoms with E-state index in [1.54, 1.807) is 11.0 Å². The van der Waals surface area contributed by atoms with Gasteiger partial charge in [0.1, 0.15) is 5.75 Å². The molecule has 1 aromatic carbocycles. The van der Waals surface area contributed by atoms with Crippen LogP contribution in [0.1, 0.15) is 19.4 Å². The van der Waals surface area contributed by atoms with Gasteiger partial charge in [-0.15, -0.1) is 0 Å². The van der Waals surface area contributed by atoms with Gasteiger partial charge < -0.3 is 14.4 Å². The van der Waals surface area contributed by atoms with Crippen LogP contribution in [-0.2, 0) is 9.53 Å². The van der Waals surface area contributed by atoms with E-state index >= 15 is 0 Å². The second-order valence-electron chi connectivity index (χ2n) is 5.01. The molecule has 20 heavy (non-hydrogen) atoms. The predicted molar refractivity (Wildman–Crippen MR) is 78.6 cm³/mol. The minimum absolute atomic E-state index is 0.0378. The topological polar surface area (TPSA) is 38.8 Å². The number of carbonyl (C=O) groups excluding carboxylic acids is 1. The Balaban J connectivity index is 1.91. The average Bonchev–Trinajstić information content (AvgIpc) is 2.46. The highest BCUT2D eigenvalue weighted by molar-refractivity contribution is 5.91. The first-order valence-corrected chi connectivity index (χ1v) is 6.96. The van der Waals surface area contributed by atoms with Crippen LogP contribution in [-0.4, -0.2) is 43.2 Å². The minimum atomic E-state index is 0.0378. The summed E-state index contributed by atoms with van der Waals surface area (Å²) in [7, 11) is 0. The molecule has 2 rings (SSSR count). The van der Waals surface area contributed by atoms with Crippen LogP contribution in [0.5, 0.6) is 5.75 Å². The molecule has 1 heterocycles. The molecular weight excluding hydrogens is 254 g/mol. The highest BCUT2D eigenvalue weighted by atomic mass is 16.5. The summed E-state index contributed by atoms with van der Waals surface area (Å²) in [5.74, 6) is 0.882. The second kappa shape index (κ2) is 7.10. The van der Waals surface area contributed by atoms with E-state index in [9.17, 15) is 4.79 Å². The third kappa shape index (κ3) is 4.38. The number of morpholine rings is 1. The molecule has 0 atom stereocenters. The molecule has 1 saturated heterocycles. The minimum Gasteiger partial charge on any atom is -0.491 e. The second-order valence-corrected chi connectivity index (χ2v) is 5.01. The largest absolute Gasteiger partial charge is 0.491 e. The predicted octanol–water partition coefficient (Wildman–Crippen LogP) is 2.35. The molecule has 0 aliphatic carbocycles. The molecule has 0 N–H and O–H groups in total. The zero-order chi connectivity index (χ0) is 14.4. The van der Waals surface area contributed by atoms with Gasteiger partial charge in [0.15, 0.2) is 0 Å². The van der Waals surface area contributed by atoms with Gasteiger partial charge >= 0.3 is 0 Å². The van der Waals surface area contributed by atoms with E-state index in [2.05, 4.69) is 0 Å². The molecular formula is C16H21NO3. The highest BCUT2D eigenvalue weighted by Gasteiger charge is 2.13. The van der Waals surface area contributed by atoms with Crippen molar-refractivity contribution in [3.05, 3.63) is 35.9 Å². The molecule has 108 valence electrons. The van der Waals surface area contributed by atoms with Crippen molar-refractivity contribution in [3.63, 3.8) is 0 Å². The third-order valence-electron chi connectivity index (χ3n) is 2.99. The first kappa shape index (κ1) is 14.6. The summed E-state index contributed by atoms with van der Waals surface area (Å²) < 4.78 is 10.8. The molecule has 0 saturated carbocycles. The van der Waals surface area contributed by atoms with Crippen LogP contribution in [0.25, 0.3) is 6.08 Å². The number of rotatable bonds is 4. The fraction of sp³-hybridized carbons (Fsp3) is 0.438. The van der Waals surface area contributed by atoms with Crippen LogP contribution < -0.4 is 4.74 Å². The Morgan fingerprint density at radius 3 is 2.50 bits per heavy atom. The molecule has 1 fully saturated rings. The van der Waals surface area contributed by atoms with E-state index in [1.807, 2.05) is 44.2 Å². The Labute approximate surface area is 120 Å². The molecule has 0 unspecified atom stereocenters. The van der Waals surface area contributed by atoms with Crippen LogP contribution >= 0.6 is 0 Å². The Morgan fingerprint density at radius 2 is 1.90 bits per heavy atom. The van der Waals surface area contributed by atoms with Gasteiger partial charge in [-0.2, -0.15) is 0 Å². The van der Waals surface area contributed by atoms with Gasteiger partial charge in [0.25, 0.3) is 0 Å². The molecule has 1 aromatic rings. The summed E-state index contributed by atoms with van der Waals surface area (Å²) in [4.78, 5) is 13.7. The number of nitrogens with zero attached hydrogens (tertiary/aromatic N) is 1. The summed E-state index contributed by atoms with van der Waals surface area (Å²) in [5.41, 5.74) is 0.989. The van der Waals surface area contributed by atoms with Crippen molar-refractivity contribution >= 4 is 12.0 Å². The zero-order valence-corrected chi connectivity index (χ0v) is 12.0. The Kier molecular flexibility index (Phi) is 5.18. The lowest BCUT2D eigenvalue weighted by molar-refractivity contribution is -0.129. The maximum Gasteiger partial charge on any atom is 0.246 e. The van der Waals surface area contributed by atoms with E-state index in [0.717, 1.165) is 11.3 Å². The van der Waals surface area contributed by atoms with Crippen LogP contribution in [0.15, 0.2) is 30.3 Å². The van der Waals surface area contributed by atoms with Crippen molar-refractivity contribution in [2.24, 2.45) is 0 Å². The fourth-order valence-corrected chi connectivity index (χ4v) is 1.99. The van der Waals surface area contributed by atoms with Gasteiger partial charge in [0, 0.05) is 19.2 Å². The lowest BCUT2D eigenvalue weighted by atomic mass is 10.2. The zero-order valence-electron chi connectivity index (χ0n) is 12.0. The summed E-state index contributed by atoms with van der Waals surface area (Å²) in [6.07, 6.45) is 3.61. The first-order valence-electron chi connectivity index (χ1n) is 6.96. The van der Waals surface area contributed by atoms with Gasteiger partial charge in [-0.25, -0.2) is 0 Å². The summed E-state index contributed by atoms with van der Waals surface area (Å²) in [5, 5.41) is 0. The van der Waals surface area contributed by atoms with Crippen molar-refractivity contribution in [3.8, 4) is 5.75 Å². The smallest absolute Gasteiger partial charge is 0.246 e. The first-order chi connectivity index (χ1) is 9.65. The standard InChI is InChI=1S/C16H21NO3/c1-13(2)20-15-6-3-14(4-7-15)5-8-16(18)17-9-11-19-12-10-17/h3-8,13H,9-12H2,1-2H3/b8-5+. The van der Waals surface area contributed by atoms with E-state index in [4.69, 9.17) is 9.47 Å². The maximum absolute atomic E-state index is 11.9. The quantitative estimate of drug-likeness (QED) is 0.792. The summed E-state index contributed by atoms with van der Waals surface area (Å²) >= 11 is 0. The molecule has 1 aliphatic rings. The number of ether oxygens (including phenoxy) is 2. The van der Waals surface area contributed by atoms with Crippen molar-refractivity contribution in [2.75, 3.05) is 26.3 Å². The maximum atomic E-state index is 11.9. The van der Waals surface area contributed by atoms with Crippen LogP contribution in [0.4, 0.5) is 0 Å². The molecule has 1 aliphatic heterocycles. The van der Waals surface area contributed by atoms with Crippen molar-refractivity contribution in [2.45, 2.75) is 20.0 Å². The number of amides is 1. The molecule has 1 amide bonds. The van der Waals surface area contributed by atoms with Gasteiger partial charge in [-0.1, -0.05) is 12.1 Å². The summed E-state index contributed by atoms with van der Waals surface area (Å²) in [6.45, 7) is 6.58. The molecule has 4 nitrogen and oxygen atoms in total.